The van der Waals surface area contributed by atoms with Crippen molar-refractivity contribution in [2.75, 3.05) is 32.7 Å². The van der Waals surface area contributed by atoms with Crippen molar-refractivity contribution in [1.29, 1.82) is 5.26 Å². The van der Waals surface area contributed by atoms with Gasteiger partial charge in [0.05, 0.1) is 11.6 Å². The van der Waals surface area contributed by atoms with Gasteiger partial charge in [0.15, 0.2) is 0 Å². The van der Waals surface area contributed by atoms with Gasteiger partial charge in [-0.2, -0.15) is 5.26 Å². The monoisotopic (exact) mass is 327 g/mol. The zero-order chi connectivity index (χ0) is 17.9. The zero-order valence-electron chi connectivity index (χ0n) is 15.3. The summed E-state index contributed by atoms with van der Waals surface area (Å²) in [5, 5.41) is 8.94. The fourth-order valence-corrected chi connectivity index (χ4v) is 2.52. The van der Waals surface area contributed by atoms with Crippen LogP contribution in [0.2, 0.25) is 0 Å². The van der Waals surface area contributed by atoms with E-state index >= 15 is 0 Å². The number of hydrogen-bond acceptors (Lipinski definition) is 3. The van der Waals surface area contributed by atoms with Crippen LogP contribution in [0.5, 0.6) is 0 Å². The molecule has 0 N–H and O–H groups in total. The van der Waals surface area contributed by atoms with E-state index in [0.29, 0.717) is 11.5 Å². The molecule has 0 aliphatic carbocycles. The quantitative estimate of drug-likeness (QED) is 0.653. The lowest BCUT2D eigenvalue weighted by atomic mass is 10.1. The molecular formula is C20H29N3O. The minimum atomic E-state index is 0.0261. The lowest BCUT2D eigenvalue weighted by Gasteiger charge is -2.27. The minimum absolute atomic E-state index is 0.0261. The maximum atomic E-state index is 12.6. The van der Waals surface area contributed by atoms with E-state index in [2.05, 4.69) is 38.7 Å². The van der Waals surface area contributed by atoms with Gasteiger partial charge in [0, 0.05) is 25.7 Å². The molecule has 0 unspecified atom stereocenters. The Morgan fingerprint density at radius 3 is 2.54 bits per heavy atom. The summed E-state index contributed by atoms with van der Waals surface area (Å²) in [6.45, 7) is 12.9. The number of carbonyl (C=O) groups excluding carboxylic acids is 1. The molecule has 0 radical (unpaired) electrons. The molecule has 0 aromatic heterocycles. The van der Waals surface area contributed by atoms with Crippen LogP contribution in [0, 0.1) is 17.2 Å². The molecule has 0 fully saturated rings. The molecule has 0 heterocycles. The first kappa shape index (κ1) is 19.9. The van der Waals surface area contributed by atoms with E-state index in [1.807, 2.05) is 17.0 Å². The molecule has 1 aromatic rings. The Morgan fingerprint density at radius 1 is 1.25 bits per heavy atom. The molecule has 0 aliphatic rings. The van der Waals surface area contributed by atoms with E-state index < -0.39 is 0 Å². The van der Waals surface area contributed by atoms with Crippen molar-refractivity contribution in [3.05, 3.63) is 41.5 Å². The van der Waals surface area contributed by atoms with Gasteiger partial charge in [-0.15, -0.1) is 0 Å². The minimum Gasteiger partial charge on any atom is -0.338 e. The molecule has 0 atom stereocenters. The van der Waals surface area contributed by atoms with Crippen molar-refractivity contribution in [3.8, 4) is 6.07 Å². The van der Waals surface area contributed by atoms with Crippen LogP contribution < -0.4 is 0 Å². The van der Waals surface area contributed by atoms with E-state index in [-0.39, 0.29) is 5.91 Å². The maximum Gasteiger partial charge on any atom is 0.246 e. The number of nitriles is 1. The third-order valence-electron chi connectivity index (χ3n) is 3.91. The number of hydrogen-bond donors (Lipinski definition) is 0. The molecule has 4 nitrogen and oxygen atoms in total. The smallest absolute Gasteiger partial charge is 0.246 e. The first-order chi connectivity index (χ1) is 11.5. The van der Waals surface area contributed by atoms with E-state index in [1.54, 1.807) is 24.3 Å². The highest BCUT2D eigenvalue weighted by atomic mass is 16.2. The van der Waals surface area contributed by atoms with Crippen molar-refractivity contribution < 1.29 is 4.79 Å². The van der Waals surface area contributed by atoms with Gasteiger partial charge in [-0.25, -0.2) is 0 Å². The number of likely N-dealkylation sites (N-methyl/N-ethyl adjacent to an activating group) is 1. The Morgan fingerprint density at radius 2 is 1.96 bits per heavy atom. The Kier molecular flexibility index (Phi) is 8.81. The summed E-state index contributed by atoms with van der Waals surface area (Å²) >= 11 is 0. The van der Waals surface area contributed by atoms with Gasteiger partial charge in [0.25, 0.3) is 0 Å². The Hall–Kier alpha value is -2.12. The molecule has 0 spiro atoms. The lowest BCUT2D eigenvalue weighted by Crippen LogP contribution is -2.39. The van der Waals surface area contributed by atoms with Crippen LogP contribution >= 0.6 is 0 Å². The first-order valence-corrected chi connectivity index (χ1v) is 8.69. The molecule has 0 bridgehead atoms. The fraction of sp³-hybridized carbons (Fsp3) is 0.500. The van der Waals surface area contributed by atoms with E-state index in [9.17, 15) is 4.79 Å². The van der Waals surface area contributed by atoms with Crippen LogP contribution in [0.25, 0.3) is 6.08 Å². The lowest BCUT2D eigenvalue weighted by molar-refractivity contribution is -0.126. The van der Waals surface area contributed by atoms with Crippen LogP contribution in [0.4, 0.5) is 0 Å². The van der Waals surface area contributed by atoms with Crippen LogP contribution in [-0.4, -0.2) is 48.4 Å². The van der Waals surface area contributed by atoms with Crippen molar-refractivity contribution in [1.82, 2.24) is 9.80 Å². The second-order valence-corrected chi connectivity index (χ2v) is 6.28. The average molecular weight is 327 g/mol. The predicted molar refractivity (Wildman–Crippen MR) is 99.4 cm³/mol. The summed E-state index contributed by atoms with van der Waals surface area (Å²) in [7, 11) is 0. The number of nitrogens with zero attached hydrogens (tertiary/aromatic N) is 3. The third kappa shape index (κ3) is 6.97. The second-order valence-electron chi connectivity index (χ2n) is 6.28. The molecule has 24 heavy (non-hydrogen) atoms. The van der Waals surface area contributed by atoms with Crippen molar-refractivity contribution >= 4 is 12.0 Å². The molecule has 130 valence electrons. The van der Waals surface area contributed by atoms with Gasteiger partial charge >= 0.3 is 0 Å². The number of benzene rings is 1. The molecule has 0 saturated carbocycles. The summed E-state index contributed by atoms with van der Waals surface area (Å²) in [5.41, 5.74) is 1.47. The summed E-state index contributed by atoms with van der Waals surface area (Å²) in [5.74, 6) is 0.458. The number of amides is 1. The fourth-order valence-electron chi connectivity index (χ4n) is 2.52. The molecule has 1 rings (SSSR count). The predicted octanol–water partition coefficient (Wildman–Crippen LogP) is 3.40. The number of rotatable bonds is 9. The standard InChI is InChI=1S/C20H29N3O/c1-5-22(6-2)12-13-23(16-17(3)4)20(24)11-10-18-8-7-9-19(14-18)15-21/h7-11,14,17H,5-6,12-13,16H2,1-4H3. The number of carbonyl (C=O) groups is 1. The average Bonchev–Trinajstić information content (AvgIpc) is 2.59. The summed E-state index contributed by atoms with van der Waals surface area (Å²) in [6, 6.07) is 9.38. The van der Waals surface area contributed by atoms with Gasteiger partial charge in [-0.1, -0.05) is 39.8 Å². The summed E-state index contributed by atoms with van der Waals surface area (Å²) in [4.78, 5) is 16.8. The van der Waals surface area contributed by atoms with Crippen molar-refractivity contribution in [2.24, 2.45) is 5.92 Å². The first-order valence-electron chi connectivity index (χ1n) is 8.69. The Labute approximate surface area is 146 Å². The Balaban J connectivity index is 2.75. The van der Waals surface area contributed by atoms with Crippen LogP contribution in [0.3, 0.4) is 0 Å². The highest BCUT2D eigenvalue weighted by Gasteiger charge is 2.13. The van der Waals surface area contributed by atoms with Crippen LogP contribution in [0.15, 0.2) is 30.3 Å². The molecule has 0 saturated heterocycles. The van der Waals surface area contributed by atoms with Gasteiger partial charge < -0.3 is 9.80 Å². The largest absolute Gasteiger partial charge is 0.338 e. The van der Waals surface area contributed by atoms with Crippen LogP contribution in [-0.2, 0) is 4.79 Å². The van der Waals surface area contributed by atoms with Crippen molar-refractivity contribution in [3.63, 3.8) is 0 Å². The molecule has 1 amide bonds. The zero-order valence-corrected chi connectivity index (χ0v) is 15.3. The highest BCUT2D eigenvalue weighted by Crippen LogP contribution is 2.08. The van der Waals surface area contributed by atoms with E-state index in [0.717, 1.165) is 38.3 Å². The SMILES string of the molecule is CCN(CC)CCN(CC(C)C)C(=O)C=Cc1cccc(C#N)c1. The Bertz CT molecular complexity index is 583. The summed E-state index contributed by atoms with van der Waals surface area (Å²) < 4.78 is 0. The molecule has 4 heteroatoms. The van der Waals surface area contributed by atoms with Gasteiger partial charge in [-0.05, 0) is 42.8 Å². The maximum absolute atomic E-state index is 12.6. The normalized spacial score (nSPS) is 11.2. The van der Waals surface area contributed by atoms with Crippen LogP contribution in [0.1, 0.15) is 38.8 Å². The molecule has 1 aromatic carbocycles. The van der Waals surface area contributed by atoms with Gasteiger partial charge in [0.2, 0.25) is 5.91 Å². The highest BCUT2D eigenvalue weighted by molar-refractivity contribution is 5.91. The topological polar surface area (TPSA) is 47.3 Å². The summed E-state index contributed by atoms with van der Waals surface area (Å²) in [6.07, 6.45) is 3.40. The van der Waals surface area contributed by atoms with Gasteiger partial charge in [0.1, 0.15) is 0 Å². The van der Waals surface area contributed by atoms with E-state index in [1.165, 1.54) is 0 Å². The second kappa shape index (κ2) is 10.6. The van der Waals surface area contributed by atoms with E-state index in [4.69, 9.17) is 5.26 Å². The van der Waals surface area contributed by atoms with Crippen molar-refractivity contribution in [2.45, 2.75) is 27.7 Å². The third-order valence-corrected chi connectivity index (χ3v) is 3.91. The molecular weight excluding hydrogens is 298 g/mol. The van der Waals surface area contributed by atoms with Gasteiger partial charge in [-0.3, -0.25) is 4.79 Å². The molecule has 0 aliphatic heterocycles.